The Morgan fingerprint density at radius 3 is 3.11 bits per heavy atom. The van der Waals surface area contributed by atoms with Gasteiger partial charge in [-0.05, 0) is 26.0 Å². The number of fused-ring (bicyclic) bond motifs is 1. The van der Waals surface area contributed by atoms with E-state index in [9.17, 15) is 0 Å². The van der Waals surface area contributed by atoms with Crippen molar-refractivity contribution in [1.29, 1.82) is 0 Å². The van der Waals surface area contributed by atoms with Crippen molar-refractivity contribution in [3.05, 3.63) is 18.6 Å². The molecule has 0 spiro atoms. The average molecular weight is 245 g/mol. The predicted octanol–water partition coefficient (Wildman–Crippen LogP) is 1.16. The minimum Gasteiger partial charge on any atom is -0.351 e. The first-order chi connectivity index (χ1) is 8.81. The van der Waals surface area contributed by atoms with Gasteiger partial charge in [0, 0.05) is 32.4 Å². The molecule has 0 radical (unpaired) electrons. The Labute approximate surface area is 107 Å². The Hall–Kier alpha value is -1.62. The molecule has 18 heavy (non-hydrogen) atoms. The Morgan fingerprint density at radius 2 is 2.39 bits per heavy atom. The van der Waals surface area contributed by atoms with Gasteiger partial charge in [0.2, 0.25) is 0 Å². The Kier molecular flexibility index (Phi) is 2.91. The standard InChI is InChI=1S/C13H19N5/c1-3-18(10-4-6-14-8-10)13-12-11(5-7-15-13)17(2)9-16-12/h5,7,9-10,14H,3-4,6,8H2,1-2H3. The van der Waals surface area contributed by atoms with Crippen molar-refractivity contribution >= 4 is 16.9 Å². The van der Waals surface area contributed by atoms with Gasteiger partial charge in [-0.1, -0.05) is 0 Å². The van der Waals surface area contributed by atoms with Crippen molar-refractivity contribution in [2.45, 2.75) is 19.4 Å². The first-order valence-electron chi connectivity index (χ1n) is 6.54. The third kappa shape index (κ3) is 1.75. The molecule has 1 fully saturated rings. The summed E-state index contributed by atoms with van der Waals surface area (Å²) < 4.78 is 2.04. The van der Waals surface area contributed by atoms with Crippen molar-refractivity contribution < 1.29 is 0 Å². The lowest BCUT2D eigenvalue weighted by atomic mass is 10.2. The van der Waals surface area contributed by atoms with E-state index >= 15 is 0 Å². The molecule has 2 aromatic heterocycles. The molecule has 3 rings (SSSR count). The predicted molar refractivity (Wildman–Crippen MR) is 72.8 cm³/mol. The molecular weight excluding hydrogens is 226 g/mol. The fourth-order valence-corrected chi connectivity index (χ4v) is 2.74. The number of hydrogen-bond acceptors (Lipinski definition) is 4. The van der Waals surface area contributed by atoms with Crippen LogP contribution in [0.3, 0.4) is 0 Å². The first kappa shape index (κ1) is 11.5. The summed E-state index contributed by atoms with van der Waals surface area (Å²) in [5.74, 6) is 1.02. The van der Waals surface area contributed by atoms with E-state index < -0.39 is 0 Å². The lowest BCUT2D eigenvalue weighted by Crippen LogP contribution is -2.37. The maximum atomic E-state index is 4.56. The fourth-order valence-electron chi connectivity index (χ4n) is 2.74. The van der Waals surface area contributed by atoms with E-state index in [1.165, 1.54) is 6.42 Å². The van der Waals surface area contributed by atoms with Gasteiger partial charge in [0.15, 0.2) is 5.82 Å². The molecule has 1 N–H and O–H groups in total. The summed E-state index contributed by atoms with van der Waals surface area (Å²) in [7, 11) is 2.02. The van der Waals surface area contributed by atoms with Crippen molar-refractivity contribution in [2.24, 2.45) is 7.05 Å². The number of nitrogens with one attached hydrogen (secondary N) is 1. The molecule has 2 aromatic rings. The number of pyridine rings is 1. The summed E-state index contributed by atoms with van der Waals surface area (Å²) in [6.07, 6.45) is 4.92. The zero-order chi connectivity index (χ0) is 12.5. The molecule has 0 bridgehead atoms. The van der Waals surface area contributed by atoms with Crippen molar-refractivity contribution in [2.75, 3.05) is 24.5 Å². The number of hydrogen-bond donors (Lipinski definition) is 1. The third-order valence-corrected chi connectivity index (χ3v) is 3.71. The zero-order valence-corrected chi connectivity index (χ0v) is 10.9. The summed E-state index contributed by atoms with van der Waals surface area (Å²) >= 11 is 0. The van der Waals surface area contributed by atoms with Gasteiger partial charge >= 0.3 is 0 Å². The van der Waals surface area contributed by atoms with Gasteiger partial charge in [0.1, 0.15) is 5.52 Å². The normalized spacial score (nSPS) is 19.6. The maximum absolute atomic E-state index is 4.56. The van der Waals surface area contributed by atoms with E-state index in [0.717, 1.165) is 36.5 Å². The van der Waals surface area contributed by atoms with E-state index in [4.69, 9.17) is 0 Å². The summed E-state index contributed by atoms with van der Waals surface area (Å²) in [6, 6.07) is 2.56. The van der Waals surface area contributed by atoms with Crippen LogP contribution in [0.2, 0.25) is 0 Å². The molecule has 0 aliphatic carbocycles. The van der Waals surface area contributed by atoms with Gasteiger partial charge in [-0.15, -0.1) is 0 Å². The first-order valence-corrected chi connectivity index (χ1v) is 6.54. The van der Waals surface area contributed by atoms with Gasteiger partial charge in [0.25, 0.3) is 0 Å². The molecular formula is C13H19N5. The SMILES string of the molecule is CCN(c1nccc2c1ncn2C)C1CCNC1. The highest BCUT2D eigenvalue weighted by molar-refractivity contribution is 5.86. The number of nitrogens with zero attached hydrogens (tertiary/aromatic N) is 4. The highest BCUT2D eigenvalue weighted by Gasteiger charge is 2.24. The van der Waals surface area contributed by atoms with Crippen molar-refractivity contribution in [1.82, 2.24) is 19.9 Å². The molecule has 1 saturated heterocycles. The molecule has 3 heterocycles. The van der Waals surface area contributed by atoms with Crippen LogP contribution < -0.4 is 10.2 Å². The molecule has 1 aliphatic heterocycles. The van der Waals surface area contributed by atoms with E-state index in [1.54, 1.807) is 0 Å². The number of aryl methyl sites for hydroxylation is 1. The fraction of sp³-hybridized carbons (Fsp3) is 0.538. The lowest BCUT2D eigenvalue weighted by Gasteiger charge is -2.28. The second-order valence-electron chi connectivity index (χ2n) is 4.79. The van der Waals surface area contributed by atoms with Gasteiger partial charge < -0.3 is 14.8 Å². The number of rotatable bonds is 3. The van der Waals surface area contributed by atoms with Crippen LogP contribution in [0.25, 0.3) is 11.0 Å². The summed E-state index contributed by atoms with van der Waals surface area (Å²) in [5, 5.41) is 3.42. The highest BCUT2D eigenvalue weighted by atomic mass is 15.2. The maximum Gasteiger partial charge on any atom is 0.157 e. The highest BCUT2D eigenvalue weighted by Crippen LogP contribution is 2.25. The van der Waals surface area contributed by atoms with Crippen LogP contribution in [0.1, 0.15) is 13.3 Å². The summed E-state index contributed by atoms with van der Waals surface area (Å²) in [5.41, 5.74) is 2.15. The summed E-state index contributed by atoms with van der Waals surface area (Å²) in [6.45, 7) is 5.29. The van der Waals surface area contributed by atoms with Crippen LogP contribution in [0, 0.1) is 0 Å². The van der Waals surface area contributed by atoms with Gasteiger partial charge in [-0.2, -0.15) is 0 Å². The molecule has 0 amide bonds. The topological polar surface area (TPSA) is 46.0 Å². The van der Waals surface area contributed by atoms with Gasteiger partial charge in [-0.25, -0.2) is 9.97 Å². The molecule has 5 heteroatoms. The molecule has 0 aromatic carbocycles. The van der Waals surface area contributed by atoms with Crippen LogP contribution in [0.5, 0.6) is 0 Å². The molecule has 1 unspecified atom stereocenters. The molecule has 1 aliphatic rings. The monoisotopic (exact) mass is 245 g/mol. The van der Waals surface area contributed by atoms with E-state index in [-0.39, 0.29) is 0 Å². The smallest absolute Gasteiger partial charge is 0.157 e. The second kappa shape index (κ2) is 4.57. The van der Waals surface area contributed by atoms with Crippen LogP contribution in [0.4, 0.5) is 5.82 Å². The minimum absolute atomic E-state index is 0.537. The molecule has 1 atom stereocenters. The van der Waals surface area contributed by atoms with E-state index in [2.05, 4.69) is 27.1 Å². The quantitative estimate of drug-likeness (QED) is 0.881. The Bertz CT molecular complexity index is 541. The van der Waals surface area contributed by atoms with Crippen LogP contribution in [-0.4, -0.2) is 40.2 Å². The molecule has 0 saturated carbocycles. The van der Waals surface area contributed by atoms with Crippen LogP contribution >= 0.6 is 0 Å². The minimum atomic E-state index is 0.537. The lowest BCUT2D eigenvalue weighted by molar-refractivity contribution is 0.642. The Morgan fingerprint density at radius 1 is 1.50 bits per heavy atom. The Balaban J connectivity index is 2.06. The van der Waals surface area contributed by atoms with Crippen molar-refractivity contribution in [3.63, 3.8) is 0 Å². The van der Waals surface area contributed by atoms with Gasteiger partial charge in [0.05, 0.1) is 11.8 Å². The number of likely N-dealkylation sites (N-methyl/N-ethyl adjacent to an activating group) is 1. The average Bonchev–Trinajstić information content (AvgIpc) is 3.02. The van der Waals surface area contributed by atoms with Crippen molar-refractivity contribution in [3.8, 4) is 0 Å². The molecule has 96 valence electrons. The van der Waals surface area contributed by atoms with E-state index in [1.807, 2.05) is 30.2 Å². The number of imidazole rings is 1. The largest absolute Gasteiger partial charge is 0.351 e. The molecule has 5 nitrogen and oxygen atoms in total. The number of aromatic nitrogens is 3. The van der Waals surface area contributed by atoms with Crippen LogP contribution in [-0.2, 0) is 7.05 Å². The third-order valence-electron chi connectivity index (χ3n) is 3.71. The van der Waals surface area contributed by atoms with Gasteiger partial charge in [-0.3, -0.25) is 0 Å². The summed E-state index contributed by atoms with van der Waals surface area (Å²) in [4.78, 5) is 11.4. The van der Waals surface area contributed by atoms with Crippen LogP contribution in [0.15, 0.2) is 18.6 Å². The zero-order valence-electron chi connectivity index (χ0n) is 10.9. The van der Waals surface area contributed by atoms with E-state index in [0.29, 0.717) is 6.04 Å². The number of anilines is 1. The second-order valence-corrected chi connectivity index (χ2v) is 4.79.